The number of thiazole rings is 1. The molecule has 1 aliphatic rings. The zero-order chi connectivity index (χ0) is 22.5. The number of aryl methyl sites for hydroxylation is 1. The van der Waals surface area contributed by atoms with E-state index in [0.717, 1.165) is 27.0 Å². The fourth-order valence-electron chi connectivity index (χ4n) is 3.16. The Labute approximate surface area is 190 Å². The molecule has 3 aromatic rings. The van der Waals surface area contributed by atoms with Crippen LogP contribution in [-0.4, -0.2) is 69.9 Å². The van der Waals surface area contributed by atoms with E-state index < -0.39 is 0 Å². The van der Waals surface area contributed by atoms with Crippen molar-refractivity contribution < 1.29 is 14.3 Å². The summed E-state index contributed by atoms with van der Waals surface area (Å²) in [7, 11) is 1.74. The fourth-order valence-corrected chi connectivity index (χ4v) is 3.99. The normalized spacial score (nSPS) is 14.0. The molecule has 1 saturated heterocycles. The molecule has 4 rings (SSSR count). The van der Waals surface area contributed by atoms with Crippen molar-refractivity contribution >= 4 is 34.8 Å². The van der Waals surface area contributed by atoms with Crippen molar-refractivity contribution in [1.82, 2.24) is 24.8 Å². The number of ether oxygens (including phenoxy) is 1. The lowest BCUT2D eigenvalue weighted by Crippen LogP contribution is -2.51. The number of rotatable bonds is 7. The highest BCUT2D eigenvalue weighted by Gasteiger charge is 2.24. The minimum Gasteiger partial charge on any atom is -0.364 e. The van der Waals surface area contributed by atoms with Crippen LogP contribution in [0, 0.1) is 6.92 Å². The number of carbonyl (C=O) groups is 2. The van der Waals surface area contributed by atoms with E-state index in [1.54, 1.807) is 24.3 Å². The van der Waals surface area contributed by atoms with Crippen LogP contribution < -0.4 is 5.32 Å². The summed E-state index contributed by atoms with van der Waals surface area (Å²) in [6.07, 6.45) is 3.50. The lowest BCUT2D eigenvalue weighted by Gasteiger charge is -2.31. The molecule has 4 heterocycles. The van der Waals surface area contributed by atoms with Gasteiger partial charge in [0.15, 0.2) is 0 Å². The van der Waals surface area contributed by atoms with Gasteiger partial charge in [0.25, 0.3) is 0 Å². The molecule has 1 aliphatic heterocycles. The van der Waals surface area contributed by atoms with Crippen molar-refractivity contribution in [3.63, 3.8) is 0 Å². The van der Waals surface area contributed by atoms with Crippen molar-refractivity contribution in [1.29, 1.82) is 0 Å². The third-order valence-electron chi connectivity index (χ3n) is 4.99. The molecule has 1 N–H and O–H groups in total. The number of pyridine rings is 2. The van der Waals surface area contributed by atoms with E-state index in [1.807, 2.05) is 37.3 Å². The molecule has 0 aliphatic carbocycles. The molecule has 2 amide bonds. The van der Waals surface area contributed by atoms with Gasteiger partial charge in [-0.15, -0.1) is 11.3 Å². The number of piperazine rings is 1. The van der Waals surface area contributed by atoms with Gasteiger partial charge in [-0.2, -0.15) is 0 Å². The molecule has 0 bridgehead atoms. The Morgan fingerprint density at radius 3 is 2.91 bits per heavy atom. The molecule has 0 spiro atoms. The first-order valence-corrected chi connectivity index (χ1v) is 11.0. The van der Waals surface area contributed by atoms with Gasteiger partial charge in [-0.25, -0.2) is 15.0 Å². The lowest BCUT2D eigenvalue weighted by atomic mass is 10.3. The van der Waals surface area contributed by atoms with Crippen LogP contribution in [0.2, 0.25) is 0 Å². The molecule has 0 radical (unpaired) electrons. The molecule has 32 heavy (non-hydrogen) atoms. The Bertz CT molecular complexity index is 1120. The van der Waals surface area contributed by atoms with E-state index >= 15 is 0 Å². The van der Waals surface area contributed by atoms with Crippen LogP contribution in [0.1, 0.15) is 10.6 Å². The third kappa shape index (κ3) is 5.45. The summed E-state index contributed by atoms with van der Waals surface area (Å²) in [5, 5.41) is 3.97. The predicted octanol–water partition coefficient (Wildman–Crippen LogP) is 2.47. The molecule has 9 nitrogen and oxygen atoms in total. The average Bonchev–Trinajstić information content (AvgIpc) is 3.25. The molecular formula is C22H24N6O3S. The highest BCUT2D eigenvalue weighted by atomic mass is 32.1. The summed E-state index contributed by atoms with van der Waals surface area (Å²) < 4.78 is 5.55. The van der Waals surface area contributed by atoms with Gasteiger partial charge in [0.05, 0.1) is 23.7 Å². The minimum absolute atomic E-state index is 0.0587. The van der Waals surface area contributed by atoms with E-state index in [0.29, 0.717) is 18.9 Å². The standard InChI is InChI=1S/C22H24N6O3S/c1-15-6-7-23-19(10-15)26-18-5-3-4-16(25-18)17-11-24-20(32-17)13-31-14-22(30)28-9-8-27(2)21(29)12-28/h3-7,10-11H,8-9,12-14H2,1-2H3,(H,23,25,26). The van der Waals surface area contributed by atoms with Gasteiger partial charge in [0, 0.05) is 32.5 Å². The van der Waals surface area contributed by atoms with Gasteiger partial charge in [0.1, 0.15) is 23.3 Å². The Hall–Kier alpha value is -3.37. The summed E-state index contributed by atoms with van der Waals surface area (Å²) >= 11 is 1.46. The maximum Gasteiger partial charge on any atom is 0.249 e. The second-order valence-electron chi connectivity index (χ2n) is 7.49. The van der Waals surface area contributed by atoms with Crippen LogP contribution in [0.25, 0.3) is 10.6 Å². The number of hydrogen-bond acceptors (Lipinski definition) is 8. The Morgan fingerprint density at radius 1 is 1.22 bits per heavy atom. The highest BCUT2D eigenvalue weighted by molar-refractivity contribution is 7.15. The first kappa shape index (κ1) is 21.8. The number of likely N-dealkylation sites (N-methyl/N-ethyl adjacent to an activating group) is 1. The zero-order valence-corrected chi connectivity index (χ0v) is 18.8. The summed E-state index contributed by atoms with van der Waals surface area (Å²) in [6, 6.07) is 9.62. The maximum absolute atomic E-state index is 12.3. The number of hydrogen-bond donors (Lipinski definition) is 1. The lowest BCUT2D eigenvalue weighted by molar-refractivity contribution is -0.147. The highest BCUT2D eigenvalue weighted by Crippen LogP contribution is 2.26. The number of nitrogens with one attached hydrogen (secondary N) is 1. The van der Waals surface area contributed by atoms with Crippen LogP contribution in [0.3, 0.4) is 0 Å². The maximum atomic E-state index is 12.3. The molecule has 0 saturated carbocycles. The number of amides is 2. The number of carbonyl (C=O) groups excluding carboxylic acids is 2. The largest absolute Gasteiger partial charge is 0.364 e. The second-order valence-corrected chi connectivity index (χ2v) is 8.61. The van der Waals surface area contributed by atoms with Crippen molar-refractivity contribution in [3.05, 3.63) is 53.3 Å². The van der Waals surface area contributed by atoms with E-state index in [-0.39, 0.29) is 31.6 Å². The zero-order valence-electron chi connectivity index (χ0n) is 17.9. The van der Waals surface area contributed by atoms with Gasteiger partial charge in [-0.3, -0.25) is 9.59 Å². The van der Waals surface area contributed by atoms with E-state index in [1.165, 1.54) is 16.2 Å². The van der Waals surface area contributed by atoms with Crippen molar-refractivity contribution in [2.75, 3.05) is 38.6 Å². The number of nitrogens with zero attached hydrogens (tertiary/aromatic N) is 5. The van der Waals surface area contributed by atoms with Crippen molar-refractivity contribution in [3.8, 4) is 10.6 Å². The quantitative estimate of drug-likeness (QED) is 0.588. The van der Waals surface area contributed by atoms with Gasteiger partial charge >= 0.3 is 0 Å². The van der Waals surface area contributed by atoms with Crippen molar-refractivity contribution in [2.24, 2.45) is 0 Å². The number of anilines is 2. The molecule has 0 aromatic carbocycles. The summed E-state index contributed by atoms with van der Waals surface area (Å²) in [5.41, 5.74) is 1.90. The van der Waals surface area contributed by atoms with Gasteiger partial charge in [-0.05, 0) is 36.8 Å². The molecular weight excluding hydrogens is 428 g/mol. The molecule has 0 atom stereocenters. The van der Waals surface area contributed by atoms with Crippen LogP contribution in [-0.2, 0) is 20.9 Å². The Morgan fingerprint density at radius 2 is 2.09 bits per heavy atom. The summed E-state index contributed by atoms with van der Waals surface area (Å²) in [4.78, 5) is 41.4. The van der Waals surface area contributed by atoms with Gasteiger partial charge in [-0.1, -0.05) is 6.07 Å². The first-order valence-electron chi connectivity index (χ1n) is 10.2. The molecule has 3 aromatic heterocycles. The Kier molecular flexibility index (Phi) is 6.72. The molecule has 166 valence electrons. The summed E-state index contributed by atoms with van der Waals surface area (Å²) in [5.74, 6) is 1.18. The summed E-state index contributed by atoms with van der Waals surface area (Å²) in [6.45, 7) is 3.33. The minimum atomic E-state index is -0.187. The third-order valence-corrected chi connectivity index (χ3v) is 5.98. The average molecular weight is 453 g/mol. The number of aromatic nitrogens is 3. The van der Waals surface area contributed by atoms with Crippen LogP contribution in [0.15, 0.2) is 42.7 Å². The second kappa shape index (κ2) is 9.84. The van der Waals surface area contributed by atoms with Gasteiger partial charge < -0.3 is 19.9 Å². The smallest absolute Gasteiger partial charge is 0.249 e. The topological polar surface area (TPSA) is 101 Å². The van der Waals surface area contributed by atoms with E-state index in [2.05, 4.69) is 20.3 Å². The predicted molar refractivity (Wildman–Crippen MR) is 121 cm³/mol. The SMILES string of the molecule is Cc1ccnc(Nc2cccc(-c3cnc(COCC(=O)N4CCN(C)C(=O)C4)s3)n2)c1. The first-order chi connectivity index (χ1) is 15.5. The van der Waals surface area contributed by atoms with Crippen LogP contribution in [0.4, 0.5) is 11.6 Å². The van der Waals surface area contributed by atoms with E-state index in [4.69, 9.17) is 4.74 Å². The van der Waals surface area contributed by atoms with Crippen LogP contribution >= 0.6 is 11.3 Å². The van der Waals surface area contributed by atoms with E-state index in [9.17, 15) is 9.59 Å². The molecule has 0 unspecified atom stereocenters. The Balaban J connectivity index is 1.32. The monoisotopic (exact) mass is 452 g/mol. The molecule has 10 heteroatoms. The molecule has 1 fully saturated rings. The fraction of sp³-hybridized carbons (Fsp3) is 0.318. The van der Waals surface area contributed by atoms with Gasteiger partial charge in [0.2, 0.25) is 11.8 Å². The van der Waals surface area contributed by atoms with Crippen molar-refractivity contribution in [2.45, 2.75) is 13.5 Å². The van der Waals surface area contributed by atoms with Crippen LogP contribution in [0.5, 0.6) is 0 Å².